The first-order valence-corrected chi connectivity index (χ1v) is 8.74. The van der Waals surface area contributed by atoms with Crippen LogP contribution in [0.15, 0.2) is 42.9 Å². The third kappa shape index (κ3) is 4.60. The number of carbonyl (C=O) groups excluding carboxylic acids is 1. The molecule has 0 saturated carbocycles. The van der Waals surface area contributed by atoms with Gasteiger partial charge in [0.2, 0.25) is 5.91 Å². The van der Waals surface area contributed by atoms with E-state index in [9.17, 15) is 4.79 Å². The zero-order valence-corrected chi connectivity index (χ0v) is 15.0. The van der Waals surface area contributed by atoms with Crippen LogP contribution in [-0.4, -0.2) is 59.0 Å². The van der Waals surface area contributed by atoms with E-state index in [-0.39, 0.29) is 11.9 Å². The predicted octanol–water partition coefficient (Wildman–Crippen LogP) is 2.19. The minimum atomic E-state index is 0.137. The molecular formula is C19H26N4O2. The maximum Gasteiger partial charge on any atom is 0.226 e. The van der Waals surface area contributed by atoms with Crippen molar-refractivity contribution in [2.24, 2.45) is 0 Å². The quantitative estimate of drug-likeness (QED) is 0.774. The molecule has 134 valence electrons. The fourth-order valence-electron chi connectivity index (χ4n) is 3.14. The number of benzene rings is 1. The first kappa shape index (κ1) is 17.5. The molecule has 0 saturated heterocycles. The van der Waals surface area contributed by atoms with Crippen LogP contribution in [0, 0.1) is 0 Å². The number of aromatic nitrogens is 2. The Bertz CT molecular complexity index is 684. The maximum absolute atomic E-state index is 12.6. The standard InChI is InChI=1S/C19H26N4O2/c1-21(2)10-8-16-13-22(14-17-12-20-15-23(16)17)19(24)9-11-25-18-6-4-3-5-7-18/h3-7,12,15-16H,8-11,13-14H2,1-2H3/t16-/m1/s1. The Morgan fingerprint density at radius 1 is 1.32 bits per heavy atom. The molecule has 6 nitrogen and oxygen atoms in total. The molecular weight excluding hydrogens is 316 g/mol. The van der Waals surface area contributed by atoms with Crippen LogP contribution in [0.4, 0.5) is 0 Å². The molecule has 0 unspecified atom stereocenters. The predicted molar refractivity (Wildman–Crippen MR) is 96.4 cm³/mol. The molecule has 0 radical (unpaired) electrons. The normalized spacial score (nSPS) is 16.8. The number of hydrogen-bond donors (Lipinski definition) is 0. The Kier molecular flexibility index (Phi) is 5.71. The molecule has 0 spiro atoms. The zero-order chi connectivity index (χ0) is 17.6. The van der Waals surface area contributed by atoms with E-state index in [1.807, 2.05) is 47.8 Å². The Balaban J connectivity index is 1.55. The smallest absolute Gasteiger partial charge is 0.226 e. The largest absolute Gasteiger partial charge is 0.493 e. The van der Waals surface area contributed by atoms with E-state index < -0.39 is 0 Å². The SMILES string of the molecule is CN(C)CC[C@@H]1CN(C(=O)CCOc2ccccc2)Cc2cncn21. The molecule has 6 heteroatoms. The highest BCUT2D eigenvalue weighted by Gasteiger charge is 2.27. The molecule has 0 fully saturated rings. The summed E-state index contributed by atoms with van der Waals surface area (Å²) in [5.74, 6) is 0.939. The van der Waals surface area contributed by atoms with E-state index in [0.29, 0.717) is 19.6 Å². The van der Waals surface area contributed by atoms with Crippen LogP contribution in [0.3, 0.4) is 0 Å². The third-order valence-corrected chi connectivity index (χ3v) is 4.51. The summed E-state index contributed by atoms with van der Waals surface area (Å²) in [6, 6.07) is 9.90. The molecule has 1 atom stereocenters. The van der Waals surface area contributed by atoms with Crippen molar-refractivity contribution in [3.8, 4) is 5.75 Å². The second-order valence-corrected chi connectivity index (χ2v) is 6.72. The number of nitrogens with zero attached hydrogens (tertiary/aromatic N) is 4. The molecule has 1 aromatic heterocycles. The van der Waals surface area contributed by atoms with Gasteiger partial charge < -0.3 is 19.1 Å². The van der Waals surface area contributed by atoms with Crippen LogP contribution < -0.4 is 4.74 Å². The topological polar surface area (TPSA) is 50.6 Å². The van der Waals surface area contributed by atoms with Crippen molar-refractivity contribution in [2.45, 2.75) is 25.4 Å². The lowest BCUT2D eigenvalue weighted by atomic mass is 10.1. The van der Waals surface area contributed by atoms with Gasteiger partial charge in [0.1, 0.15) is 5.75 Å². The van der Waals surface area contributed by atoms with Gasteiger partial charge in [-0.2, -0.15) is 0 Å². The van der Waals surface area contributed by atoms with Gasteiger partial charge in [-0.3, -0.25) is 4.79 Å². The highest BCUT2D eigenvalue weighted by Crippen LogP contribution is 2.24. The maximum atomic E-state index is 12.6. The molecule has 3 rings (SSSR count). The average molecular weight is 342 g/mol. The number of fused-ring (bicyclic) bond motifs is 1. The summed E-state index contributed by atoms with van der Waals surface area (Å²) in [5, 5.41) is 0. The van der Waals surface area contributed by atoms with Crippen LogP contribution in [0.2, 0.25) is 0 Å². The number of rotatable bonds is 7. The van der Waals surface area contributed by atoms with Gasteiger partial charge in [0.05, 0.1) is 37.6 Å². The van der Waals surface area contributed by atoms with Crippen molar-refractivity contribution in [3.63, 3.8) is 0 Å². The van der Waals surface area contributed by atoms with E-state index in [4.69, 9.17) is 4.74 Å². The lowest BCUT2D eigenvalue weighted by molar-refractivity contribution is -0.133. The Hall–Kier alpha value is -2.34. The van der Waals surface area contributed by atoms with Gasteiger partial charge >= 0.3 is 0 Å². The van der Waals surface area contributed by atoms with E-state index in [1.165, 1.54) is 0 Å². The fraction of sp³-hybridized carbons (Fsp3) is 0.474. The molecule has 0 bridgehead atoms. The van der Waals surface area contributed by atoms with Gasteiger partial charge in [0.15, 0.2) is 0 Å². The molecule has 0 aliphatic carbocycles. The molecule has 2 aromatic rings. The Morgan fingerprint density at radius 3 is 2.88 bits per heavy atom. The van der Waals surface area contributed by atoms with Crippen molar-refractivity contribution in [2.75, 3.05) is 33.8 Å². The fourth-order valence-corrected chi connectivity index (χ4v) is 3.14. The summed E-state index contributed by atoms with van der Waals surface area (Å²) in [6.45, 7) is 2.76. The molecule has 1 aliphatic rings. The van der Waals surface area contributed by atoms with Crippen molar-refractivity contribution >= 4 is 5.91 Å². The second kappa shape index (κ2) is 8.16. The summed E-state index contributed by atoms with van der Waals surface area (Å²) in [4.78, 5) is 21.0. The van der Waals surface area contributed by atoms with E-state index in [2.05, 4.69) is 28.5 Å². The van der Waals surface area contributed by atoms with Gasteiger partial charge in [-0.15, -0.1) is 0 Å². The molecule has 2 heterocycles. The summed E-state index contributed by atoms with van der Waals surface area (Å²) < 4.78 is 7.87. The van der Waals surface area contributed by atoms with Crippen LogP contribution in [0.5, 0.6) is 5.75 Å². The first-order valence-electron chi connectivity index (χ1n) is 8.74. The second-order valence-electron chi connectivity index (χ2n) is 6.72. The van der Waals surface area contributed by atoms with Crippen molar-refractivity contribution in [1.82, 2.24) is 19.4 Å². The lowest BCUT2D eigenvalue weighted by Crippen LogP contribution is -2.41. The van der Waals surface area contributed by atoms with E-state index in [1.54, 1.807) is 0 Å². The minimum absolute atomic E-state index is 0.137. The summed E-state index contributed by atoms with van der Waals surface area (Å²) in [5.41, 5.74) is 1.10. The Labute approximate surface area is 149 Å². The number of para-hydroxylation sites is 1. The minimum Gasteiger partial charge on any atom is -0.493 e. The number of carbonyl (C=O) groups is 1. The first-order chi connectivity index (χ1) is 12.1. The number of hydrogen-bond acceptors (Lipinski definition) is 4. The number of imidazole rings is 1. The van der Waals surface area contributed by atoms with Crippen molar-refractivity contribution in [1.29, 1.82) is 0 Å². The number of ether oxygens (including phenoxy) is 1. The highest BCUT2D eigenvalue weighted by atomic mass is 16.5. The van der Waals surface area contributed by atoms with Gasteiger partial charge in [-0.25, -0.2) is 4.98 Å². The highest BCUT2D eigenvalue weighted by molar-refractivity contribution is 5.76. The van der Waals surface area contributed by atoms with Crippen molar-refractivity contribution in [3.05, 3.63) is 48.5 Å². The van der Waals surface area contributed by atoms with E-state index >= 15 is 0 Å². The molecule has 1 amide bonds. The van der Waals surface area contributed by atoms with Gasteiger partial charge in [0, 0.05) is 12.7 Å². The molecule has 1 aromatic carbocycles. The van der Waals surface area contributed by atoms with Crippen molar-refractivity contribution < 1.29 is 9.53 Å². The third-order valence-electron chi connectivity index (χ3n) is 4.51. The van der Waals surface area contributed by atoms with Gasteiger partial charge in [-0.1, -0.05) is 18.2 Å². The monoisotopic (exact) mass is 342 g/mol. The van der Waals surface area contributed by atoms with Crippen LogP contribution >= 0.6 is 0 Å². The number of amides is 1. The van der Waals surface area contributed by atoms with Gasteiger partial charge in [0.25, 0.3) is 0 Å². The summed E-state index contributed by atoms with van der Waals surface area (Å²) in [6.07, 6.45) is 5.14. The van der Waals surface area contributed by atoms with E-state index in [0.717, 1.165) is 31.0 Å². The Morgan fingerprint density at radius 2 is 2.12 bits per heavy atom. The molecule has 1 aliphatic heterocycles. The molecule has 0 N–H and O–H groups in total. The summed E-state index contributed by atoms with van der Waals surface area (Å²) >= 11 is 0. The van der Waals surface area contributed by atoms with Gasteiger partial charge in [-0.05, 0) is 39.2 Å². The van der Waals surface area contributed by atoms with Crippen LogP contribution in [0.1, 0.15) is 24.6 Å². The lowest BCUT2D eigenvalue weighted by Gasteiger charge is -2.35. The summed E-state index contributed by atoms with van der Waals surface area (Å²) in [7, 11) is 4.14. The van der Waals surface area contributed by atoms with Crippen LogP contribution in [-0.2, 0) is 11.3 Å². The van der Waals surface area contributed by atoms with Crippen LogP contribution in [0.25, 0.3) is 0 Å². The average Bonchev–Trinajstić information content (AvgIpc) is 3.09. The molecule has 25 heavy (non-hydrogen) atoms. The zero-order valence-electron chi connectivity index (χ0n) is 15.0.